The van der Waals surface area contributed by atoms with Gasteiger partial charge < -0.3 is 15.4 Å². The first-order chi connectivity index (χ1) is 14.6. The van der Waals surface area contributed by atoms with Gasteiger partial charge in [-0.2, -0.15) is 0 Å². The fraction of sp³-hybridized carbons (Fsp3) is 0.458. The van der Waals surface area contributed by atoms with Gasteiger partial charge in [0.15, 0.2) is 0 Å². The topological polar surface area (TPSA) is 58.8 Å². The van der Waals surface area contributed by atoms with E-state index in [0.29, 0.717) is 19.6 Å². The molecule has 0 aliphatic carbocycles. The zero-order valence-corrected chi connectivity index (χ0v) is 18.5. The third-order valence-corrected chi connectivity index (χ3v) is 5.49. The van der Waals surface area contributed by atoms with Gasteiger partial charge in [-0.3, -0.25) is 4.90 Å². The molecule has 0 radical (unpaired) electrons. The van der Waals surface area contributed by atoms with Crippen LogP contribution in [0.4, 0.5) is 13.6 Å². The molecule has 1 saturated heterocycles. The highest BCUT2D eigenvalue weighted by Crippen LogP contribution is 2.33. The van der Waals surface area contributed by atoms with E-state index in [0.717, 1.165) is 11.1 Å². The van der Waals surface area contributed by atoms with Crippen LogP contribution in [-0.2, 0) is 4.74 Å². The Morgan fingerprint density at radius 3 is 1.94 bits per heavy atom. The average Bonchev–Trinajstić information content (AvgIpc) is 2.70. The van der Waals surface area contributed by atoms with Crippen LogP contribution < -0.4 is 5.73 Å². The maximum atomic E-state index is 13.6. The summed E-state index contributed by atoms with van der Waals surface area (Å²) >= 11 is 0. The minimum Gasteiger partial charge on any atom is -0.444 e. The van der Waals surface area contributed by atoms with Gasteiger partial charge in [-0.1, -0.05) is 24.3 Å². The molecule has 1 amide bonds. The van der Waals surface area contributed by atoms with Crippen molar-refractivity contribution in [1.29, 1.82) is 0 Å². The van der Waals surface area contributed by atoms with E-state index < -0.39 is 5.60 Å². The lowest BCUT2D eigenvalue weighted by atomic mass is 9.93. The van der Waals surface area contributed by atoms with Gasteiger partial charge in [0.25, 0.3) is 0 Å². The monoisotopic (exact) mass is 431 g/mol. The third kappa shape index (κ3) is 5.60. The van der Waals surface area contributed by atoms with Gasteiger partial charge in [0.2, 0.25) is 0 Å². The van der Waals surface area contributed by atoms with E-state index in [1.165, 1.54) is 24.3 Å². The van der Waals surface area contributed by atoms with Crippen molar-refractivity contribution in [3.05, 3.63) is 71.3 Å². The summed E-state index contributed by atoms with van der Waals surface area (Å²) in [7, 11) is 0. The second kappa shape index (κ2) is 9.32. The van der Waals surface area contributed by atoms with Crippen LogP contribution >= 0.6 is 0 Å². The summed E-state index contributed by atoms with van der Waals surface area (Å²) in [6.45, 7) is 8.76. The van der Waals surface area contributed by atoms with E-state index in [2.05, 4.69) is 4.90 Å². The Labute approximate surface area is 182 Å². The van der Waals surface area contributed by atoms with Gasteiger partial charge >= 0.3 is 6.09 Å². The van der Waals surface area contributed by atoms with Crippen LogP contribution in [0.25, 0.3) is 0 Å². The number of hydrogen-bond donors (Lipinski definition) is 1. The summed E-state index contributed by atoms with van der Waals surface area (Å²) < 4.78 is 32.7. The normalized spacial score (nSPS) is 20.2. The molecule has 2 aromatic rings. The summed E-state index contributed by atoms with van der Waals surface area (Å²) in [5, 5.41) is 0. The summed E-state index contributed by atoms with van der Waals surface area (Å²) in [4.78, 5) is 16.7. The molecule has 0 unspecified atom stereocenters. The van der Waals surface area contributed by atoms with E-state index in [1.54, 1.807) is 29.2 Å². The molecule has 168 valence electrons. The van der Waals surface area contributed by atoms with Crippen LogP contribution in [0, 0.1) is 11.6 Å². The molecule has 1 aliphatic heterocycles. The Morgan fingerprint density at radius 2 is 1.52 bits per heavy atom. The van der Waals surface area contributed by atoms with Crippen LogP contribution in [0.1, 0.15) is 44.9 Å². The molecule has 0 aromatic heterocycles. The Kier molecular flexibility index (Phi) is 6.96. The van der Waals surface area contributed by atoms with Gasteiger partial charge in [0.05, 0.1) is 6.04 Å². The maximum Gasteiger partial charge on any atom is 0.410 e. The number of nitrogens with two attached hydrogens (primary N) is 1. The van der Waals surface area contributed by atoms with E-state index in [-0.39, 0.29) is 35.9 Å². The molecule has 1 aliphatic rings. The molecule has 7 heteroatoms. The molecular formula is C24H31F2N3O2. The molecule has 1 fully saturated rings. The second-order valence-corrected chi connectivity index (χ2v) is 9.07. The number of carbonyl (C=O) groups excluding carboxylic acids is 1. The smallest absolute Gasteiger partial charge is 0.410 e. The fourth-order valence-electron chi connectivity index (χ4n) is 4.03. The number of nitrogens with zero attached hydrogens (tertiary/aromatic N) is 2. The predicted octanol–water partition coefficient (Wildman–Crippen LogP) is 4.32. The Balaban J connectivity index is 1.94. The molecule has 2 N–H and O–H groups in total. The number of hydrogen-bond acceptors (Lipinski definition) is 4. The van der Waals surface area contributed by atoms with Crippen LogP contribution in [0.3, 0.4) is 0 Å². The highest BCUT2D eigenvalue weighted by molar-refractivity contribution is 5.68. The number of benzene rings is 2. The van der Waals surface area contributed by atoms with Gasteiger partial charge in [-0.25, -0.2) is 13.6 Å². The molecule has 2 atom stereocenters. The van der Waals surface area contributed by atoms with Crippen LogP contribution in [0.5, 0.6) is 0 Å². The lowest BCUT2D eigenvalue weighted by Crippen LogP contribution is -2.62. The summed E-state index contributed by atoms with van der Waals surface area (Å²) in [5.74, 6) is -0.639. The van der Waals surface area contributed by atoms with Gasteiger partial charge in [0.1, 0.15) is 17.2 Å². The molecule has 31 heavy (non-hydrogen) atoms. The second-order valence-electron chi connectivity index (χ2n) is 9.07. The summed E-state index contributed by atoms with van der Waals surface area (Å²) in [6, 6.07) is 12.1. The molecule has 2 aromatic carbocycles. The van der Waals surface area contributed by atoms with E-state index in [4.69, 9.17) is 10.5 Å². The molecule has 0 saturated carbocycles. The van der Waals surface area contributed by atoms with E-state index >= 15 is 0 Å². The van der Waals surface area contributed by atoms with Crippen molar-refractivity contribution in [2.45, 2.75) is 51.4 Å². The number of ether oxygens (including phenoxy) is 1. The predicted molar refractivity (Wildman–Crippen MR) is 117 cm³/mol. The lowest BCUT2D eigenvalue weighted by molar-refractivity contribution is -0.0179. The van der Waals surface area contributed by atoms with Crippen LogP contribution in [-0.4, -0.2) is 53.2 Å². The zero-order chi connectivity index (χ0) is 22.8. The first-order valence-electron chi connectivity index (χ1n) is 10.6. The van der Waals surface area contributed by atoms with Gasteiger partial charge in [-0.15, -0.1) is 0 Å². The maximum absolute atomic E-state index is 13.6. The van der Waals surface area contributed by atoms with Crippen LogP contribution in [0.15, 0.2) is 48.5 Å². The SMILES string of the molecule is C[C@H]1CN(C(c2ccc(F)cc2)c2ccc(F)cc2)[C@H](CN)CN1C(=O)OC(C)(C)C. The molecule has 1 heterocycles. The quantitative estimate of drug-likeness (QED) is 0.783. The molecular weight excluding hydrogens is 400 g/mol. The number of carbonyl (C=O) groups is 1. The number of halogens is 2. The van der Waals surface area contributed by atoms with Crippen molar-refractivity contribution in [3.8, 4) is 0 Å². The number of rotatable bonds is 4. The number of amides is 1. The van der Waals surface area contributed by atoms with Crippen molar-refractivity contribution in [3.63, 3.8) is 0 Å². The third-order valence-electron chi connectivity index (χ3n) is 5.49. The highest BCUT2D eigenvalue weighted by Gasteiger charge is 2.39. The minimum absolute atomic E-state index is 0.124. The van der Waals surface area contributed by atoms with Crippen molar-refractivity contribution >= 4 is 6.09 Å². The summed E-state index contributed by atoms with van der Waals surface area (Å²) in [5.41, 5.74) is 7.30. The lowest BCUT2D eigenvalue weighted by Gasteiger charge is -2.48. The van der Waals surface area contributed by atoms with Crippen molar-refractivity contribution in [2.75, 3.05) is 19.6 Å². The summed E-state index contributed by atoms with van der Waals surface area (Å²) in [6.07, 6.45) is -0.363. The van der Waals surface area contributed by atoms with E-state index in [9.17, 15) is 13.6 Å². The first-order valence-corrected chi connectivity index (χ1v) is 10.6. The van der Waals surface area contributed by atoms with Crippen molar-refractivity contribution < 1.29 is 18.3 Å². The Morgan fingerprint density at radius 1 is 1.03 bits per heavy atom. The van der Waals surface area contributed by atoms with E-state index in [1.807, 2.05) is 27.7 Å². The van der Waals surface area contributed by atoms with Crippen molar-refractivity contribution in [2.24, 2.45) is 5.73 Å². The molecule has 5 nitrogen and oxygen atoms in total. The largest absolute Gasteiger partial charge is 0.444 e. The minimum atomic E-state index is -0.586. The standard InChI is InChI=1S/C24H31F2N3O2/c1-16-14-29(21(13-27)15-28(16)23(30)31-24(2,3)4)22(17-5-9-19(25)10-6-17)18-7-11-20(26)12-8-18/h5-12,16,21-22H,13-15,27H2,1-4H3/t16-,21+/m0/s1. The number of piperazine rings is 1. The van der Waals surface area contributed by atoms with Crippen LogP contribution in [0.2, 0.25) is 0 Å². The molecule has 3 rings (SSSR count). The highest BCUT2D eigenvalue weighted by atomic mass is 19.1. The van der Waals surface area contributed by atoms with Crippen molar-refractivity contribution in [1.82, 2.24) is 9.80 Å². The molecule has 0 bridgehead atoms. The fourth-order valence-corrected chi connectivity index (χ4v) is 4.03. The molecule has 0 spiro atoms. The first kappa shape index (κ1) is 23.2. The Bertz CT molecular complexity index is 836. The average molecular weight is 432 g/mol. The Hall–Kier alpha value is -2.51. The zero-order valence-electron chi connectivity index (χ0n) is 18.5. The van der Waals surface area contributed by atoms with Gasteiger partial charge in [-0.05, 0) is 63.1 Å². The van der Waals surface area contributed by atoms with Gasteiger partial charge in [0, 0.05) is 31.7 Å².